The minimum absolute atomic E-state index is 0.0831. The summed E-state index contributed by atoms with van der Waals surface area (Å²) in [6.07, 6.45) is 1.27. The highest BCUT2D eigenvalue weighted by molar-refractivity contribution is 7.91. The Balaban J connectivity index is 2.00. The van der Waals surface area contributed by atoms with Gasteiger partial charge in [0.15, 0.2) is 0 Å². The quantitative estimate of drug-likeness (QED) is 0.691. The summed E-state index contributed by atoms with van der Waals surface area (Å²) in [7, 11) is -2.83. The fraction of sp³-hybridized carbons (Fsp3) is 0.900. The van der Waals surface area contributed by atoms with Gasteiger partial charge in [0.05, 0.1) is 17.1 Å². The van der Waals surface area contributed by atoms with Crippen molar-refractivity contribution in [1.29, 1.82) is 0 Å². The molecule has 92 valence electrons. The van der Waals surface area contributed by atoms with Gasteiger partial charge in [-0.05, 0) is 25.7 Å². The lowest BCUT2D eigenvalue weighted by Crippen LogP contribution is -2.55. The standard InChI is InChI=1S/C10H17NO4S/c1-10(7-11-9(12)6-15-10)8-2-4-16(13,14)5-3-8/h8H,2-7H2,1H3,(H,11,12). The lowest BCUT2D eigenvalue weighted by molar-refractivity contribution is -0.149. The SMILES string of the molecule is CC1(C2CCS(=O)(=O)CC2)CNC(=O)CO1. The lowest BCUT2D eigenvalue weighted by Gasteiger charge is -2.41. The average Bonchev–Trinajstić information content (AvgIpc) is 2.22. The van der Waals surface area contributed by atoms with Crippen molar-refractivity contribution in [2.75, 3.05) is 24.7 Å². The second kappa shape index (κ2) is 4.00. The predicted molar refractivity (Wildman–Crippen MR) is 58.7 cm³/mol. The molecule has 2 aliphatic rings. The summed E-state index contributed by atoms with van der Waals surface area (Å²) in [4.78, 5) is 11.0. The predicted octanol–water partition coefficient (Wildman–Crippen LogP) is -0.284. The van der Waals surface area contributed by atoms with Crippen molar-refractivity contribution in [2.24, 2.45) is 5.92 Å². The molecule has 2 rings (SSSR count). The molecule has 16 heavy (non-hydrogen) atoms. The van der Waals surface area contributed by atoms with Crippen LogP contribution in [0, 0.1) is 5.92 Å². The van der Waals surface area contributed by atoms with Crippen molar-refractivity contribution >= 4 is 15.7 Å². The van der Waals surface area contributed by atoms with Crippen LogP contribution in [-0.2, 0) is 19.4 Å². The second-order valence-corrected chi connectivity index (χ2v) is 7.11. The van der Waals surface area contributed by atoms with Crippen LogP contribution in [0.25, 0.3) is 0 Å². The highest BCUT2D eigenvalue weighted by Crippen LogP contribution is 2.32. The Bertz CT molecular complexity index is 366. The number of carbonyl (C=O) groups excluding carboxylic acids is 1. The van der Waals surface area contributed by atoms with Crippen LogP contribution in [0.15, 0.2) is 0 Å². The number of hydrogen-bond donors (Lipinski definition) is 1. The topological polar surface area (TPSA) is 72.5 Å². The molecule has 2 fully saturated rings. The Hall–Kier alpha value is -0.620. The van der Waals surface area contributed by atoms with Crippen LogP contribution in [0.2, 0.25) is 0 Å². The first-order valence-electron chi connectivity index (χ1n) is 5.52. The molecular formula is C10H17NO4S. The van der Waals surface area contributed by atoms with Crippen LogP contribution in [0.4, 0.5) is 0 Å². The van der Waals surface area contributed by atoms with E-state index < -0.39 is 15.4 Å². The van der Waals surface area contributed by atoms with Crippen LogP contribution >= 0.6 is 0 Å². The average molecular weight is 247 g/mol. The molecule has 2 saturated heterocycles. The largest absolute Gasteiger partial charge is 0.363 e. The number of amides is 1. The van der Waals surface area contributed by atoms with Crippen LogP contribution in [0.5, 0.6) is 0 Å². The molecule has 0 aromatic carbocycles. The number of hydrogen-bond acceptors (Lipinski definition) is 4. The number of rotatable bonds is 1. The van der Waals surface area contributed by atoms with Gasteiger partial charge >= 0.3 is 0 Å². The summed E-state index contributed by atoms with van der Waals surface area (Å²) in [5.41, 5.74) is -0.399. The van der Waals surface area contributed by atoms with E-state index in [-0.39, 0.29) is 29.9 Å². The maximum Gasteiger partial charge on any atom is 0.246 e. The van der Waals surface area contributed by atoms with E-state index in [0.717, 1.165) is 0 Å². The molecule has 0 aromatic rings. The molecule has 1 atom stereocenters. The minimum Gasteiger partial charge on any atom is -0.363 e. The molecule has 1 amide bonds. The van der Waals surface area contributed by atoms with Gasteiger partial charge in [0.1, 0.15) is 16.4 Å². The lowest BCUT2D eigenvalue weighted by atomic mass is 9.83. The number of morpholine rings is 1. The van der Waals surface area contributed by atoms with Crippen molar-refractivity contribution in [2.45, 2.75) is 25.4 Å². The first-order chi connectivity index (χ1) is 7.41. The zero-order valence-electron chi connectivity index (χ0n) is 9.36. The van der Waals surface area contributed by atoms with Crippen molar-refractivity contribution in [1.82, 2.24) is 5.32 Å². The van der Waals surface area contributed by atoms with Crippen molar-refractivity contribution in [3.05, 3.63) is 0 Å². The van der Waals surface area contributed by atoms with Gasteiger partial charge in [0.25, 0.3) is 0 Å². The Kier molecular flexibility index (Phi) is 2.96. The summed E-state index contributed by atoms with van der Waals surface area (Å²) in [6.45, 7) is 2.52. The maximum absolute atomic E-state index is 11.3. The molecule has 1 N–H and O–H groups in total. The van der Waals surface area contributed by atoms with Gasteiger partial charge < -0.3 is 10.1 Å². The van der Waals surface area contributed by atoms with E-state index in [1.54, 1.807) is 0 Å². The van der Waals surface area contributed by atoms with Crippen LogP contribution in [0.3, 0.4) is 0 Å². The Morgan fingerprint density at radius 2 is 2.00 bits per heavy atom. The fourth-order valence-electron chi connectivity index (χ4n) is 2.37. The highest BCUT2D eigenvalue weighted by Gasteiger charge is 2.41. The highest BCUT2D eigenvalue weighted by atomic mass is 32.2. The van der Waals surface area contributed by atoms with Gasteiger partial charge in [-0.1, -0.05) is 0 Å². The van der Waals surface area contributed by atoms with Gasteiger partial charge in [-0.15, -0.1) is 0 Å². The smallest absolute Gasteiger partial charge is 0.246 e. The summed E-state index contributed by atoms with van der Waals surface area (Å²) in [5, 5.41) is 2.78. The Morgan fingerprint density at radius 1 is 1.38 bits per heavy atom. The first kappa shape index (κ1) is 11.9. The molecule has 0 aliphatic carbocycles. The van der Waals surface area contributed by atoms with Crippen LogP contribution < -0.4 is 5.32 Å². The maximum atomic E-state index is 11.3. The van der Waals surface area contributed by atoms with Gasteiger partial charge in [-0.2, -0.15) is 0 Å². The van der Waals surface area contributed by atoms with Gasteiger partial charge in [-0.25, -0.2) is 8.42 Å². The van der Waals surface area contributed by atoms with E-state index in [1.807, 2.05) is 6.92 Å². The summed E-state index contributed by atoms with van der Waals surface area (Å²) >= 11 is 0. The van der Waals surface area contributed by atoms with Crippen molar-refractivity contribution < 1.29 is 17.9 Å². The molecule has 0 radical (unpaired) electrons. The number of carbonyl (C=O) groups is 1. The molecule has 5 nitrogen and oxygen atoms in total. The van der Waals surface area contributed by atoms with Crippen LogP contribution in [-0.4, -0.2) is 44.6 Å². The third-order valence-electron chi connectivity index (χ3n) is 3.59. The molecule has 0 bridgehead atoms. The molecule has 0 aromatic heterocycles. The molecule has 6 heteroatoms. The Morgan fingerprint density at radius 3 is 2.50 bits per heavy atom. The monoisotopic (exact) mass is 247 g/mol. The Labute approximate surface area is 95.5 Å². The van der Waals surface area contributed by atoms with E-state index >= 15 is 0 Å². The molecule has 2 heterocycles. The van der Waals surface area contributed by atoms with E-state index in [0.29, 0.717) is 19.4 Å². The number of sulfone groups is 1. The number of ether oxygens (including phenoxy) is 1. The van der Waals surface area contributed by atoms with E-state index in [1.165, 1.54) is 0 Å². The van der Waals surface area contributed by atoms with E-state index in [9.17, 15) is 13.2 Å². The summed E-state index contributed by atoms with van der Waals surface area (Å²) in [5.74, 6) is 0.604. The summed E-state index contributed by atoms with van der Waals surface area (Å²) < 4.78 is 28.2. The van der Waals surface area contributed by atoms with Crippen molar-refractivity contribution in [3.63, 3.8) is 0 Å². The van der Waals surface area contributed by atoms with Gasteiger partial charge in [-0.3, -0.25) is 4.79 Å². The van der Waals surface area contributed by atoms with Gasteiger partial charge in [0, 0.05) is 6.54 Å². The second-order valence-electron chi connectivity index (χ2n) is 4.80. The van der Waals surface area contributed by atoms with Crippen molar-refractivity contribution in [3.8, 4) is 0 Å². The number of nitrogens with one attached hydrogen (secondary N) is 1. The molecule has 1 unspecified atom stereocenters. The fourth-order valence-corrected chi connectivity index (χ4v) is 3.86. The third kappa shape index (κ3) is 2.38. The molecule has 0 spiro atoms. The molecular weight excluding hydrogens is 230 g/mol. The van der Waals surface area contributed by atoms with Crippen LogP contribution in [0.1, 0.15) is 19.8 Å². The summed E-state index contributed by atoms with van der Waals surface area (Å²) in [6, 6.07) is 0. The van der Waals surface area contributed by atoms with Gasteiger partial charge in [0.2, 0.25) is 5.91 Å². The van der Waals surface area contributed by atoms with E-state index in [2.05, 4.69) is 5.32 Å². The molecule has 0 saturated carbocycles. The zero-order chi connectivity index (χ0) is 11.8. The first-order valence-corrected chi connectivity index (χ1v) is 7.34. The normalized spacial score (nSPS) is 35.7. The zero-order valence-corrected chi connectivity index (χ0v) is 10.2. The molecule has 2 aliphatic heterocycles. The van der Waals surface area contributed by atoms with E-state index in [4.69, 9.17) is 4.74 Å². The third-order valence-corrected chi connectivity index (χ3v) is 5.30. The minimum atomic E-state index is -2.83.